The van der Waals surface area contributed by atoms with E-state index < -0.39 is 17.9 Å². The summed E-state index contributed by atoms with van der Waals surface area (Å²) in [5, 5.41) is 4.82. The molecule has 148 valence electrons. The van der Waals surface area contributed by atoms with Crippen LogP contribution in [0.4, 0.5) is 5.69 Å². The number of anilines is 1. The molecular formula is C20H22N2O4S2. The number of thiophene rings is 1. The van der Waals surface area contributed by atoms with Crippen molar-refractivity contribution in [3.8, 4) is 0 Å². The number of esters is 1. The molecule has 0 aliphatic carbocycles. The van der Waals surface area contributed by atoms with Gasteiger partial charge in [0, 0.05) is 28.4 Å². The number of hydrogen-bond acceptors (Lipinski definition) is 6. The minimum absolute atomic E-state index is 0.0588. The van der Waals surface area contributed by atoms with Crippen molar-refractivity contribution in [2.24, 2.45) is 5.92 Å². The first-order valence-electron chi connectivity index (χ1n) is 8.86. The molecule has 1 aliphatic rings. The second-order valence-corrected chi connectivity index (χ2v) is 8.32. The van der Waals surface area contributed by atoms with Crippen LogP contribution >= 0.6 is 23.1 Å². The number of rotatable bonds is 7. The molecule has 1 aliphatic heterocycles. The average molecular weight is 419 g/mol. The quantitative estimate of drug-likeness (QED) is 0.552. The second-order valence-electron chi connectivity index (χ2n) is 6.46. The van der Waals surface area contributed by atoms with E-state index in [1.165, 1.54) is 18.4 Å². The molecule has 2 atom stereocenters. The van der Waals surface area contributed by atoms with E-state index >= 15 is 0 Å². The lowest BCUT2D eigenvalue weighted by atomic mass is 10.1. The van der Waals surface area contributed by atoms with Gasteiger partial charge >= 0.3 is 5.97 Å². The molecule has 1 N–H and O–H groups in total. The van der Waals surface area contributed by atoms with Crippen LogP contribution in [-0.4, -0.2) is 37.7 Å². The third-order valence-corrected chi connectivity index (χ3v) is 6.41. The lowest BCUT2D eigenvalue weighted by molar-refractivity contribution is -0.141. The SMILES string of the molecule is COC(=O)CC(NC(=O)C1CC(=O)N(c2ccc(SC)cc2)C1)c1cccs1. The van der Waals surface area contributed by atoms with Crippen LogP contribution in [0.5, 0.6) is 0 Å². The van der Waals surface area contributed by atoms with Crippen LogP contribution in [0.15, 0.2) is 46.7 Å². The first-order valence-corrected chi connectivity index (χ1v) is 11.0. The van der Waals surface area contributed by atoms with Gasteiger partial charge in [0.2, 0.25) is 11.8 Å². The molecule has 0 radical (unpaired) electrons. The highest BCUT2D eigenvalue weighted by Crippen LogP contribution is 2.29. The van der Waals surface area contributed by atoms with E-state index in [0.29, 0.717) is 6.54 Å². The summed E-state index contributed by atoms with van der Waals surface area (Å²) >= 11 is 3.10. The maximum Gasteiger partial charge on any atom is 0.307 e. The number of methoxy groups -OCH3 is 1. The molecule has 0 spiro atoms. The molecule has 1 aromatic heterocycles. The molecule has 2 amide bonds. The van der Waals surface area contributed by atoms with Crippen molar-refractivity contribution >= 4 is 46.6 Å². The maximum atomic E-state index is 12.8. The van der Waals surface area contributed by atoms with Crippen molar-refractivity contribution < 1.29 is 19.1 Å². The fourth-order valence-corrected chi connectivity index (χ4v) is 4.33. The number of amides is 2. The van der Waals surface area contributed by atoms with Gasteiger partial charge in [-0.15, -0.1) is 23.1 Å². The first-order chi connectivity index (χ1) is 13.5. The minimum atomic E-state index is -0.454. The van der Waals surface area contributed by atoms with Gasteiger partial charge in [0.05, 0.1) is 25.5 Å². The van der Waals surface area contributed by atoms with E-state index in [2.05, 4.69) is 5.32 Å². The number of carbonyl (C=O) groups excluding carboxylic acids is 3. The number of nitrogens with zero attached hydrogens (tertiary/aromatic N) is 1. The summed E-state index contributed by atoms with van der Waals surface area (Å²) in [5.74, 6) is -1.14. The van der Waals surface area contributed by atoms with Gasteiger partial charge in [-0.25, -0.2) is 0 Å². The standard InChI is InChI=1S/C20H22N2O4S2/c1-26-19(24)11-16(17-4-3-9-28-17)21-20(25)13-10-18(23)22(12-13)14-5-7-15(27-2)8-6-14/h3-9,13,16H,10-12H2,1-2H3,(H,21,25). The molecule has 1 fully saturated rings. The Hall–Kier alpha value is -2.32. The number of hydrogen-bond donors (Lipinski definition) is 1. The van der Waals surface area contributed by atoms with Crippen LogP contribution in [0.2, 0.25) is 0 Å². The summed E-state index contributed by atoms with van der Waals surface area (Å²) in [6, 6.07) is 11.0. The van der Waals surface area contributed by atoms with Crippen molar-refractivity contribution in [1.82, 2.24) is 5.32 Å². The second kappa shape index (κ2) is 9.25. The summed E-state index contributed by atoms with van der Waals surface area (Å²) in [7, 11) is 1.32. The Bertz CT molecular complexity index is 836. The Morgan fingerprint density at radius 3 is 2.68 bits per heavy atom. The lowest BCUT2D eigenvalue weighted by Gasteiger charge is -2.20. The summed E-state index contributed by atoms with van der Waals surface area (Å²) in [5.41, 5.74) is 0.794. The smallest absolute Gasteiger partial charge is 0.307 e. The van der Waals surface area contributed by atoms with Gasteiger partial charge in [-0.2, -0.15) is 0 Å². The summed E-state index contributed by atoms with van der Waals surface area (Å²) in [6.07, 6.45) is 2.21. The number of benzene rings is 1. The fourth-order valence-electron chi connectivity index (χ4n) is 3.15. The molecule has 2 aromatic rings. The molecule has 8 heteroatoms. The van der Waals surface area contributed by atoms with Crippen LogP contribution in [0.1, 0.15) is 23.8 Å². The molecular weight excluding hydrogens is 396 g/mol. The largest absolute Gasteiger partial charge is 0.469 e. The highest BCUT2D eigenvalue weighted by atomic mass is 32.2. The van der Waals surface area contributed by atoms with Gasteiger partial charge in [-0.05, 0) is 42.0 Å². The molecule has 0 bridgehead atoms. The maximum absolute atomic E-state index is 12.8. The van der Waals surface area contributed by atoms with Crippen molar-refractivity contribution in [1.29, 1.82) is 0 Å². The highest BCUT2D eigenvalue weighted by Gasteiger charge is 2.36. The summed E-state index contributed by atoms with van der Waals surface area (Å²) in [6.45, 7) is 0.332. The zero-order valence-electron chi connectivity index (χ0n) is 15.7. The van der Waals surface area contributed by atoms with Crippen LogP contribution in [0, 0.1) is 5.92 Å². The van der Waals surface area contributed by atoms with Crippen LogP contribution in [-0.2, 0) is 19.1 Å². The molecule has 3 rings (SSSR count). The van der Waals surface area contributed by atoms with Gasteiger partial charge in [-0.1, -0.05) is 6.07 Å². The number of thioether (sulfide) groups is 1. The fraction of sp³-hybridized carbons (Fsp3) is 0.350. The predicted octanol–water partition coefficient (Wildman–Crippen LogP) is 3.24. The number of ether oxygens (including phenoxy) is 1. The third-order valence-electron chi connectivity index (χ3n) is 4.68. The molecule has 1 saturated heterocycles. The van der Waals surface area contributed by atoms with E-state index in [-0.39, 0.29) is 24.7 Å². The van der Waals surface area contributed by atoms with Crippen LogP contribution in [0.3, 0.4) is 0 Å². The monoisotopic (exact) mass is 418 g/mol. The van der Waals surface area contributed by atoms with E-state index in [0.717, 1.165) is 15.5 Å². The van der Waals surface area contributed by atoms with Crippen molar-refractivity contribution in [3.63, 3.8) is 0 Å². The molecule has 2 heterocycles. The molecule has 1 aromatic carbocycles. The Balaban J connectivity index is 1.67. The molecule has 6 nitrogen and oxygen atoms in total. The van der Waals surface area contributed by atoms with Crippen LogP contribution < -0.4 is 10.2 Å². The Labute approximate surface area is 172 Å². The number of carbonyl (C=O) groups is 3. The Morgan fingerprint density at radius 2 is 2.07 bits per heavy atom. The van der Waals surface area contributed by atoms with Gasteiger partial charge in [0.1, 0.15) is 0 Å². The Morgan fingerprint density at radius 1 is 1.32 bits per heavy atom. The zero-order chi connectivity index (χ0) is 20.1. The van der Waals surface area contributed by atoms with Crippen molar-refractivity contribution in [3.05, 3.63) is 46.7 Å². The van der Waals surface area contributed by atoms with Crippen LogP contribution in [0.25, 0.3) is 0 Å². The normalized spacial score (nSPS) is 17.4. The molecule has 0 saturated carbocycles. The molecule has 28 heavy (non-hydrogen) atoms. The predicted molar refractivity (Wildman–Crippen MR) is 111 cm³/mol. The van der Waals surface area contributed by atoms with E-state index in [1.807, 2.05) is 48.0 Å². The minimum Gasteiger partial charge on any atom is -0.469 e. The van der Waals surface area contributed by atoms with E-state index in [1.54, 1.807) is 16.7 Å². The molecule has 2 unspecified atom stereocenters. The highest BCUT2D eigenvalue weighted by molar-refractivity contribution is 7.98. The summed E-state index contributed by atoms with van der Waals surface area (Å²) < 4.78 is 4.75. The van der Waals surface area contributed by atoms with Crippen molar-refractivity contribution in [2.75, 3.05) is 24.8 Å². The van der Waals surface area contributed by atoms with E-state index in [9.17, 15) is 14.4 Å². The van der Waals surface area contributed by atoms with Gasteiger partial charge in [0.25, 0.3) is 0 Å². The summed E-state index contributed by atoms with van der Waals surface area (Å²) in [4.78, 5) is 40.6. The number of nitrogens with one attached hydrogen (secondary N) is 1. The van der Waals surface area contributed by atoms with Gasteiger partial charge < -0.3 is 15.0 Å². The van der Waals surface area contributed by atoms with E-state index in [4.69, 9.17) is 4.74 Å². The lowest BCUT2D eigenvalue weighted by Crippen LogP contribution is -2.36. The third kappa shape index (κ3) is 4.74. The van der Waals surface area contributed by atoms with Crippen molar-refractivity contribution in [2.45, 2.75) is 23.8 Å². The average Bonchev–Trinajstić information content (AvgIpc) is 3.37. The first kappa shape index (κ1) is 20.4. The van der Waals surface area contributed by atoms with Gasteiger partial charge in [0.15, 0.2) is 0 Å². The topological polar surface area (TPSA) is 75.7 Å². The Kier molecular flexibility index (Phi) is 6.74. The zero-order valence-corrected chi connectivity index (χ0v) is 17.3. The van der Waals surface area contributed by atoms with Gasteiger partial charge in [-0.3, -0.25) is 14.4 Å².